The van der Waals surface area contributed by atoms with Gasteiger partial charge in [-0.2, -0.15) is 23.7 Å². The summed E-state index contributed by atoms with van der Waals surface area (Å²) in [6.45, 7) is 0. The van der Waals surface area contributed by atoms with Gasteiger partial charge in [-0.25, -0.2) is 0 Å². The van der Waals surface area contributed by atoms with Crippen molar-refractivity contribution >= 4 is 11.8 Å². The van der Waals surface area contributed by atoms with Crippen LogP contribution in [-0.2, 0) is 0 Å². The fraction of sp³-hybridized carbons (Fsp3) is 0.667. The average Bonchev–Trinajstić information content (AvgIpc) is 2.34. The lowest BCUT2D eigenvalue weighted by atomic mass is 9.87. The number of allylic oxidation sites excluding steroid dienone is 2. The molecule has 0 spiro atoms. The Morgan fingerprint density at radius 1 is 1.28 bits per heavy atom. The van der Waals surface area contributed by atoms with Gasteiger partial charge in [0.25, 0.3) is 0 Å². The highest BCUT2D eigenvalue weighted by molar-refractivity contribution is 8.03. The zero-order chi connectivity index (χ0) is 13.6. The summed E-state index contributed by atoms with van der Waals surface area (Å²) in [5.41, 5.74) is 0.913. The van der Waals surface area contributed by atoms with Crippen LogP contribution < -0.4 is 0 Å². The van der Waals surface area contributed by atoms with Crippen molar-refractivity contribution in [3.05, 3.63) is 10.5 Å². The Hall–Kier alpha value is -1.14. The molecule has 1 aliphatic rings. The van der Waals surface area contributed by atoms with E-state index in [0.29, 0.717) is 30.6 Å². The molecule has 1 rings (SSSR count). The summed E-state index contributed by atoms with van der Waals surface area (Å²) in [5, 5.41) is 17.7. The van der Waals surface area contributed by atoms with Gasteiger partial charge in [-0.3, -0.25) is 0 Å². The zero-order valence-corrected chi connectivity index (χ0v) is 10.6. The van der Waals surface area contributed by atoms with Gasteiger partial charge >= 0.3 is 6.18 Å². The summed E-state index contributed by atoms with van der Waals surface area (Å²) in [7, 11) is 0. The van der Waals surface area contributed by atoms with Gasteiger partial charge in [0.05, 0.1) is 17.4 Å². The summed E-state index contributed by atoms with van der Waals surface area (Å²) in [5.74, 6) is -0.0914. The highest BCUT2D eigenvalue weighted by atomic mass is 32.2. The smallest absolute Gasteiger partial charge is 0.198 e. The molecule has 0 aromatic rings. The molecule has 0 aromatic carbocycles. The molecule has 1 fully saturated rings. The summed E-state index contributed by atoms with van der Waals surface area (Å²) >= 11 is 0.979. The maximum atomic E-state index is 12.0. The van der Waals surface area contributed by atoms with Crippen LogP contribution in [0.4, 0.5) is 13.2 Å². The van der Waals surface area contributed by atoms with Crippen molar-refractivity contribution < 1.29 is 13.2 Å². The average molecular weight is 274 g/mol. The van der Waals surface area contributed by atoms with E-state index in [1.165, 1.54) is 0 Å². The van der Waals surface area contributed by atoms with Crippen LogP contribution in [0.3, 0.4) is 0 Å². The van der Waals surface area contributed by atoms with Crippen LogP contribution >= 0.6 is 11.8 Å². The Balaban J connectivity index is 2.51. The molecule has 98 valence electrons. The van der Waals surface area contributed by atoms with Crippen molar-refractivity contribution in [2.75, 3.05) is 5.75 Å². The molecular weight excluding hydrogens is 261 g/mol. The molecule has 0 aromatic heterocycles. The van der Waals surface area contributed by atoms with Gasteiger partial charge in [0, 0.05) is 11.7 Å². The molecule has 0 N–H and O–H groups in total. The fourth-order valence-corrected chi connectivity index (χ4v) is 2.82. The van der Waals surface area contributed by atoms with Crippen LogP contribution in [0.1, 0.15) is 32.1 Å². The van der Waals surface area contributed by atoms with Crippen molar-refractivity contribution in [1.82, 2.24) is 0 Å². The Morgan fingerprint density at radius 2 is 1.89 bits per heavy atom. The minimum Gasteiger partial charge on any atom is -0.198 e. The summed E-state index contributed by atoms with van der Waals surface area (Å²) < 4.78 is 36.0. The van der Waals surface area contributed by atoms with E-state index in [2.05, 4.69) is 6.07 Å². The molecule has 0 aliphatic heterocycles. The third-order valence-corrected chi connectivity index (χ3v) is 3.90. The van der Waals surface area contributed by atoms with Crippen LogP contribution in [0.2, 0.25) is 0 Å². The standard InChI is InChI=1S/C12H13F3N2S/c13-12(14,15)5-6-18-11(8-17)10-3-1-9(7-16)2-4-10/h9H,1-6H2. The highest BCUT2D eigenvalue weighted by Gasteiger charge is 2.27. The molecule has 0 heterocycles. The Morgan fingerprint density at radius 3 is 2.33 bits per heavy atom. The first-order valence-corrected chi connectivity index (χ1v) is 6.66. The van der Waals surface area contributed by atoms with Crippen molar-refractivity contribution in [2.24, 2.45) is 5.92 Å². The number of hydrogen-bond acceptors (Lipinski definition) is 3. The van der Waals surface area contributed by atoms with Gasteiger partial charge in [-0.15, -0.1) is 11.8 Å². The van der Waals surface area contributed by atoms with E-state index in [1.54, 1.807) is 0 Å². The van der Waals surface area contributed by atoms with Gasteiger partial charge in [0.2, 0.25) is 0 Å². The molecule has 0 atom stereocenters. The van der Waals surface area contributed by atoms with Crippen molar-refractivity contribution in [1.29, 1.82) is 10.5 Å². The number of rotatable bonds is 3. The SMILES string of the molecule is N#CC(SCCC(F)(F)F)=C1CCC(C#N)CC1. The third-order valence-electron chi connectivity index (χ3n) is 2.83. The first-order chi connectivity index (χ1) is 8.46. The van der Waals surface area contributed by atoms with Gasteiger partial charge < -0.3 is 0 Å². The van der Waals surface area contributed by atoms with E-state index in [0.717, 1.165) is 17.3 Å². The molecule has 1 aliphatic carbocycles. The Kier molecular flexibility index (Phi) is 5.55. The first kappa shape index (κ1) is 14.9. The Bertz CT molecular complexity index is 391. The second-order valence-corrected chi connectivity index (χ2v) is 5.27. The second kappa shape index (κ2) is 6.70. The van der Waals surface area contributed by atoms with E-state index in [4.69, 9.17) is 10.5 Å². The number of hydrogen-bond donors (Lipinski definition) is 0. The number of nitrogens with zero attached hydrogens (tertiary/aromatic N) is 2. The van der Waals surface area contributed by atoms with Gasteiger partial charge in [0.1, 0.15) is 6.07 Å². The van der Waals surface area contributed by atoms with E-state index in [-0.39, 0.29) is 11.7 Å². The van der Waals surface area contributed by atoms with Crippen LogP contribution in [-0.4, -0.2) is 11.9 Å². The minimum atomic E-state index is -4.17. The molecular formula is C12H13F3N2S. The molecule has 1 saturated carbocycles. The largest absolute Gasteiger partial charge is 0.389 e. The minimum absolute atomic E-state index is 0.0221. The summed E-state index contributed by atoms with van der Waals surface area (Å²) in [6.07, 6.45) is -2.33. The maximum absolute atomic E-state index is 12.0. The quantitative estimate of drug-likeness (QED) is 0.726. The number of thioether (sulfide) groups is 1. The van der Waals surface area contributed by atoms with Crippen LogP contribution in [0, 0.1) is 28.6 Å². The molecule has 0 saturated heterocycles. The topological polar surface area (TPSA) is 47.6 Å². The molecule has 0 unspecified atom stereocenters. The predicted octanol–water partition coefficient (Wildman–Crippen LogP) is 4.16. The van der Waals surface area contributed by atoms with E-state index in [1.807, 2.05) is 6.07 Å². The normalized spacial score (nSPS) is 20.1. The monoisotopic (exact) mass is 274 g/mol. The summed E-state index contributed by atoms with van der Waals surface area (Å²) in [4.78, 5) is 0.413. The number of halogens is 3. The van der Waals surface area contributed by atoms with Crippen LogP contribution in [0.15, 0.2) is 10.5 Å². The van der Waals surface area contributed by atoms with Crippen molar-refractivity contribution in [2.45, 2.75) is 38.3 Å². The lowest BCUT2D eigenvalue weighted by Crippen LogP contribution is -2.09. The zero-order valence-electron chi connectivity index (χ0n) is 9.76. The molecule has 0 amide bonds. The van der Waals surface area contributed by atoms with Crippen LogP contribution in [0.25, 0.3) is 0 Å². The molecule has 0 bridgehead atoms. The molecule has 2 nitrogen and oxygen atoms in total. The Labute approximate surface area is 108 Å². The maximum Gasteiger partial charge on any atom is 0.389 e. The second-order valence-electron chi connectivity index (χ2n) is 4.16. The number of alkyl halides is 3. The van der Waals surface area contributed by atoms with Gasteiger partial charge in [-0.05, 0) is 31.3 Å². The number of nitriles is 2. The molecule has 0 radical (unpaired) electrons. The first-order valence-electron chi connectivity index (χ1n) is 5.67. The third kappa shape index (κ3) is 5.01. The predicted molar refractivity (Wildman–Crippen MR) is 63.3 cm³/mol. The van der Waals surface area contributed by atoms with Gasteiger partial charge in [-0.1, -0.05) is 0 Å². The van der Waals surface area contributed by atoms with E-state index >= 15 is 0 Å². The van der Waals surface area contributed by atoms with Crippen molar-refractivity contribution in [3.63, 3.8) is 0 Å². The van der Waals surface area contributed by atoms with E-state index < -0.39 is 12.6 Å². The summed E-state index contributed by atoms with van der Waals surface area (Å²) in [6, 6.07) is 4.17. The highest BCUT2D eigenvalue weighted by Crippen LogP contribution is 2.34. The lowest BCUT2D eigenvalue weighted by molar-refractivity contribution is -0.129. The molecule has 6 heteroatoms. The molecule has 18 heavy (non-hydrogen) atoms. The lowest BCUT2D eigenvalue weighted by Gasteiger charge is -2.19. The van der Waals surface area contributed by atoms with Crippen LogP contribution in [0.5, 0.6) is 0 Å². The fourth-order valence-electron chi connectivity index (χ4n) is 1.80. The van der Waals surface area contributed by atoms with Crippen molar-refractivity contribution in [3.8, 4) is 12.1 Å². The van der Waals surface area contributed by atoms with Gasteiger partial charge in [0.15, 0.2) is 0 Å². The van der Waals surface area contributed by atoms with E-state index in [9.17, 15) is 13.2 Å².